The topological polar surface area (TPSA) is 78.9 Å². The lowest BCUT2D eigenvalue weighted by atomic mass is 10.0. The zero-order valence-electron chi connectivity index (χ0n) is 53.1. The molecule has 0 spiro atoms. The summed E-state index contributed by atoms with van der Waals surface area (Å²) in [4.78, 5) is 38.3. The van der Waals surface area contributed by atoms with Crippen LogP contribution in [-0.4, -0.2) is 37.2 Å². The Balaban J connectivity index is 4.18. The molecule has 0 saturated heterocycles. The van der Waals surface area contributed by atoms with Gasteiger partial charge in [-0.15, -0.1) is 0 Å². The Bertz CT molecular complexity index is 1520. The van der Waals surface area contributed by atoms with Gasteiger partial charge >= 0.3 is 17.9 Å². The SMILES string of the molecule is CC/C=C\C/C=C\C/C=C\C/C=C\CCCCCCCCCCCCCCC(=O)OC(COC(=O)CCCCCCC/C=C\CCC)COC(=O)CCCCCCCCCCCCCCCCC/C=C\C/C=C\CCCCCCC. The van der Waals surface area contributed by atoms with Crippen LogP contribution in [0, 0.1) is 0 Å². The van der Waals surface area contributed by atoms with Crippen LogP contribution in [0.1, 0.15) is 348 Å². The monoisotopic (exact) mass is 1110 g/mol. The van der Waals surface area contributed by atoms with Gasteiger partial charge in [-0.25, -0.2) is 0 Å². The summed E-state index contributed by atoms with van der Waals surface area (Å²) in [6.45, 7) is 6.49. The molecule has 0 aromatic heterocycles. The second kappa shape index (κ2) is 68.1. The van der Waals surface area contributed by atoms with E-state index in [1.165, 1.54) is 205 Å². The Morgan fingerprint density at radius 2 is 0.512 bits per heavy atom. The van der Waals surface area contributed by atoms with E-state index in [0.717, 1.165) is 103 Å². The summed E-state index contributed by atoms with van der Waals surface area (Å²) < 4.78 is 16.9. The van der Waals surface area contributed by atoms with E-state index in [2.05, 4.69) is 106 Å². The molecule has 0 rings (SSSR count). The van der Waals surface area contributed by atoms with Crippen molar-refractivity contribution in [1.29, 1.82) is 0 Å². The van der Waals surface area contributed by atoms with E-state index in [9.17, 15) is 14.4 Å². The molecular formula is C74H130O6. The Morgan fingerprint density at radius 1 is 0.263 bits per heavy atom. The maximum Gasteiger partial charge on any atom is 0.306 e. The molecule has 0 amide bonds. The van der Waals surface area contributed by atoms with Gasteiger partial charge in [-0.1, -0.05) is 305 Å². The number of ether oxygens (including phenoxy) is 3. The van der Waals surface area contributed by atoms with Crippen molar-refractivity contribution < 1.29 is 28.6 Å². The van der Waals surface area contributed by atoms with Gasteiger partial charge in [0.05, 0.1) is 0 Å². The van der Waals surface area contributed by atoms with Gasteiger partial charge in [-0.2, -0.15) is 0 Å². The molecule has 0 radical (unpaired) electrons. The van der Waals surface area contributed by atoms with E-state index in [-0.39, 0.29) is 31.1 Å². The summed E-state index contributed by atoms with van der Waals surface area (Å²) in [7, 11) is 0. The van der Waals surface area contributed by atoms with Gasteiger partial charge in [0.25, 0.3) is 0 Å². The predicted molar refractivity (Wildman–Crippen MR) is 348 cm³/mol. The first-order chi connectivity index (χ1) is 39.5. The molecule has 6 nitrogen and oxygen atoms in total. The van der Waals surface area contributed by atoms with Crippen LogP contribution in [-0.2, 0) is 28.6 Å². The van der Waals surface area contributed by atoms with E-state index in [1.54, 1.807) is 0 Å². The molecule has 0 N–H and O–H groups in total. The molecule has 0 aromatic carbocycles. The number of rotatable bonds is 63. The number of unbranched alkanes of at least 4 members (excludes halogenated alkanes) is 38. The van der Waals surface area contributed by atoms with Gasteiger partial charge in [-0.3, -0.25) is 14.4 Å². The van der Waals surface area contributed by atoms with E-state index >= 15 is 0 Å². The van der Waals surface area contributed by atoms with Crippen molar-refractivity contribution in [3.63, 3.8) is 0 Å². The van der Waals surface area contributed by atoms with Crippen LogP contribution >= 0.6 is 0 Å². The molecule has 0 aliphatic carbocycles. The van der Waals surface area contributed by atoms with Gasteiger partial charge < -0.3 is 14.2 Å². The van der Waals surface area contributed by atoms with Crippen LogP contribution in [0.15, 0.2) is 85.1 Å². The smallest absolute Gasteiger partial charge is 0.306 e. The highest BCUT2D eigenvalue weighted by atomic mass is 16.6. The Labute approximate surface area is 496 Å². The third kappa shape index (κ3) is 65.4. The summed E-state index contributed by atoms with van der Waals surface area (Å²) >= 11 is 0. The van der Waals surface area contributed by atoms with E-state index in [4.69, 9.17) is 14.2 Å². The first-order valence-electron chi connectivity index (χ1n) is 34.6. The lowest BCUT2D eigenvalue weighted by Crippen LogP contribution is -2.30. The lowest BCUT2D eigenvalue weighted by Gasteiger charge is -2.18. The molecule has 0 aliphatic heterocycles. The number of esters is 3. The zero-order chi connectivity index (χ0) is 57.8. The van der Waals surface area contributed by atoms with Crippen molar-refractivity contribution in [3.8, 4) is 0 Å². The molecular weight excluding hydrogens is 985 g/mol. The van der Waals surface area contributed by atoms with Gasteiger partial charge in [-0.05, 0) is 109 Å². The quantitative estimate of drug-likeness (QED) is 0.0261. The van der Waals surface area contributed by atoms with Gasteiger partial charge in [0.2, 0.25) is 0 Å². The molecule has 0 fully saturated rings. The van der Waals surface area contributed by atoms with Gasteiger partial charge in [0, 0.05) is 19.3 Å². The van der Waals surface area contributed by atoms with Crippen molar-refractivity contribution in [2.45, 2.75) is 354 Å². The molecule has 462 valence electrons. The number of allylic oxidation sites excluding steroid dienone is 14. The van der Waals surface area contributed by atoms with E-state index < -0.39 is 6.10 Å². The van der Waals surface area contributed by atoms with Gasteiger partial charge in [0.1, 0.15) is 13.2 Å². The molecule has 1 unspecified atom stereocenters. The summed E-state index contributed by atoms with van der Waals surface area (Å²) in [5.74, 6) is -0.875. The molecule has 0 aromatic rings. The van der Waals surface area contributed by atoms with Crippen molar-refractivity contribution in [3.05, 3.63) is 85.1 Å². The molecule has 0 saturated carbocycles. The van der Waals surface area contributed by atoms with E-state index in [1.807, 2.05) is 0 Å². The van der Waals surface area contributed by atoms with E-state index in [0.29, 0.717) is 19.3 Å². The van der Waals surface area contributed by atoms with Crippen molar-refractivity contribution in [2.24, 2.45) is 0 Å². The Kier molecular flexibility index (Phi) is 65.2. The molecule has 6 heteroatoms. The Morgan fingerprint density at radius 3 is 0.825 bits per heavy atom. The third-order valence-electron chi connectivity index (χ3n) is 15.1. The fourth-order valence-electron chi connectivity index (χ4n) is 9.94. The molecule has 0 heterocycles. The maximum absolute atomic E-state index is 12.9. The van der Waals surface area contributed by atoms with Gasteiger partial charge in [0.15, 0.2) is 6.10 Å². The molecule has 0 aliphatic rings. The van der Waals surface area contributed by atoms with Crippen molar-refractivity contribution in [1.82, 2.24) is 0 Å². The second-order valence-corrected chi connectivity index (χ2v) is 23.1. The predicted octanol–water partition coefficient (Wildman–Crippen LogP) is 23.8. The highest BCUT2D eigenvalue weighted by Gasteiger charge is 2.19. The maximum atomic E-state index is 12.9. The zero-order valence-corrected chi connectivity index (χ0v) is 53.1. The average molecular weight is 1120 g/mol. The Hall–Kier alpha value is -3.41. The minimum Gasteiger partial charge on any atom is -0.462 e. The average Bonchev–Trinajstić information content (AvgIpc) is 3.46. The van der Waals surface area contributed by atoms with Crippen LogP contribution in [0.2, 0.25) is 0 Å². The van der Waals surface area contributed by atoms with Crippen LogP contribution in [0.5, 0.6) is 0 Å². The minimum atomic E-state index is -0.781. The third-order valence-corrected chi connectivity index (χ3v) is 15.1. The summed E-state index contributed by atoms with van der Waals surface area (Å²) in [5.41, 5.74) is 0. The number of carbonyl (C=O) groups excluding carboxylic acids is 3. The molecule has 0 bridgehead atoms. The first kappa shape index (κ1) is 76.6. The lowest BCUT2D eigenvalue weighted by molar-refractivity contribution is -0.167. The van der Waals surface area contributed by atoms with Crippen LogP contribution < -0.4 is 0 Å². The highest BCUT2D eigenvalue weighted by molar-refractivity contribution is 5.71. The number of carbonyl (C=O) groups is 3. The fourth-order valence-corrected chi connectivity index (χ4v) is 9.94. The van der Waals surface area contributed by atoms with Crippen LogP contribution in [0.3, 0.4) is 0 Å². The van der Waals surface area contributed by atoms with Crippen LogP contribution in [0.4, 0.5) is 0 Å². The largest absolute Gasteiger partial charge is 0.462 e. The standard InChI is InChI=1S/C74H130O6/c1-4-7-10-13-16-19-22-24-26-28-30-32-34-36-37-39-40-42-44-46-48-50-52-55-58-61-64-67-73(76)79-70-71(69-78-72(75)66-63-60-57-54-21-18-15-12-9-6-3)80-74(77)68-65-62-59-56-53-51-49-47-45-43-41-38-35-33-31-29-27-25-23-20-17-14-11-8-5-2/h8,11-12,15,17,20,22,24-25,27-28,30-31,33,71H,4-7,9-10,13-14,16,18-19,21,23,26,29,32,34-70H2,1-3H3/b11-8-,15-12-,20-17-,24-22-,27-25-,30-28-,33-31-. The fraction of sp³-hybridized carbons (Fsp3) is 0.770. The minimum absolute atomic E-state index is 0.0772. The normalized spacial score (nSPS) is 12.6. The molecule has 1 atom stereocenters. The van der Waals surface area contributed by atoms with Crippen molar-refractivity contribution >= 4 is 17.9 Å². The highest BCUT2D eigenvalue weighted by Crippen LogP contribution is 2.17. The number of hydrogen-bond acceptors (Lipinski definition) is 6. The van der Waals surface area contributed by atoms with Crippen LogP contribution in [0.25, 0.3) is 0 Å². The second-order valence-electron chi connectivity index (χ2n) is 23.1. The number of hydrogen-bond donors (Lipinski definition) is 0. The first-order valence-corrected chi connectivity index (χ1v) is 34.6. The summed E-state index contributed by atoms with van der Waals surface area (Å²) in [6, 6.07) is 0. The molecule has 80 heavy (non-hydrogen) atoms. The summed E-state index contributed by atoms with van der Waals surface area (Å²) in [6.07, 6.45) is 90.5. The summed E-state index contributed by atoms with van der Waals surface area (Å²) in [5, 5.41) is 0. The van der Waals surface area contributed by atoms with Crippen molar-refractivity contribution in [2.75, 3.05) is 13.2 Å².